The van der Waals surface area contributed by atoms with Crippen LogP contribution in [0.15, 0.2) is 72.8 Å². The Kier molecular flexibility index (Phi) is 4.79. The predicted octanol–water partition coefficient (Wildman–Crippen LogP) is 4.52. The molecule has 0 fully saturated rings. The molecule has 1 N–H and O–H groups in total. The van der Waals surface area contributed by atoms with Gasteiger partial charge in [0.15, 0.2) is 0 Å². The molecule has 0 saturated heterocycles. The van der Waals surface area contributed by atoms with Crippen molar-refractivity contribution in [3.63, 3.8) is 0 Å². The second-order valence-electron chi connectivity index (χ2n) is 6.65. The number of amides is 1. The standard InChI is InChI=1S/C23H21NO3/c1-16-7-5-6-10-21(16)23(25)24-15-20-14-17-13-19(11-12-22(17)27-20)26-18-8-3-2-4-9-18/h2-13,20H,14-15H2,1H3,(H,24,25)/t20-/m1/s1. The molecule has 1 aliphatic rings. The minimum absolute atomic E-state index is 0.0687. The van der Waals surface area contributed by atoms with Gasteiger partial charge in [0.25, 0.3) is 5.91 Å². The van der Waals surface area contributed by atoms with Gasteiger partial charge in [-0.25, -0.2) is 0 Å². The summed E-state index contributed by atoms with van der Waals surface area (Å²) in [5.74, 6) is 2.37. The third-order valence-electron chi connectivity index (χ3n) is 4.63. The fourth-order valence-electron chi connectivity index (χ4n) is 3.23. The van der Waals surface area contributed by atoms with Crippen LogP contribution in [-0.4, -0.2) is 18.6 Å². The van der Waals surface area contributed by atoms with Gasteiger partial charge in [-0.3, -0.25) is 4.79 Å². The largest absolute Gasteiger partial charge is 0.488 e. The lowest BCUT2D eigenvalue weighted by atomic mass is 10.1. The number of hydrogen-bond donors (Lipinski definition) is 1. The van der Waals surface area contributed by atoms with Gasteiger partial charge in [-0.2, -0.15) is 0 Å². The van der Waals surface area contributed by atoms with Crippen LogP contribution in [-0.2, 0) is 6.42 Å². The molecule has 3 aromatic rings. The van der Waals surface area contributed by atoms with Crippen molar-refractivity contribution in [3.8, 4) is 17.2 Å². The van der Waals surface area contributed by atoms with E-state index in [0.29, 0.717) is 12.1 Å². The van der Waals surface area contributed by atoms with E-state index in [1.807, 2.05) is 79.7 Å². The Hall–Kier alpha value is -3.27. The highest BCUT2D eigenvalue weighted by Gasteiger charge is 2.24. The maximum Gasteiger partial charge on any atom is 0.251 e. The van der Waals surface area contributed by atoms with Gasteiger partial charge in [-0.05, 0) is 48.9 Å². The van der Waals surface area contributed by atoms with Crippen molar-refractivity contribution >= 4 is 5.91 Å². The van der Waals surface area contributed by atoms with Gasteiger partial charge in [0, 0.05) is 17.5 Å². The minimum Gasteiger partial charge on any atom is -0.488 e. The fraction of sp³-hybridized carbons (Fsp3) is 0.174. The van der Waals surface area contributed by atoms with E-state index in [4.69, 9.17) is 9.47 Å². The van der Waals surface area contributed by atoms with Gasteiger partial charge in [-0.15, -0.1) is 0 Å². The molecule has 0 radical (unpaired) electrons. The average Bonchev–Trinajstić information content (AvgIpc) is 3.09. The maximum atomic E-state index is 12.4. The minimum atomic E-state index is -0.0695. The van der Waals surface area contributed by atoms with Crippen molar-refractivity contribution in [3.05, 3.63) is 89.5 Å². The van der Waals surface area contributed by atoms with Crippen LogP contribution in [0.25, 0.3) is 0 Å². The molecule has 4 nitrogen and oxygen atoms in total. The van der Waals surface area contributed by atoms with Gasteiger partial charge in [-0.1, -0.05) is 36.4 Å². The third-order valence-corrected chi connectivity index (χ3v) is 4.63. The number of benzene rings is 3. The summed E-state index contributed by atoms with van der Waals surface area (Å²) in [6.45, 7) is 2.40. The Balaban J connectivity index is 1.37. The van der Waals surface area contributed by atoms with Crippen LogP contribution in [0.1, 0.15) is 21.5 Å². The molecule has 27 heavy (non-hydrogen) atoms. The lowest BCUT2D eigenvalue weighted by Gasteiger charge is -2.12. The normalized spacial score (nSPS) is 14.9. The summed E-state index contributed by atoms with van der Waals surface area (Å²) in [6, 6.07) is 23.1. The lowest BCUT2D eigenvalue weighted by molar-refractivity contribution is 0.0933. The number of carbonyl (C=O) groups excluding carboxylic acids is 1. The quantitative estimate of drug-likeness (QED) is 0.728. The van der Waals surface area contributed by atoms with Crippen molar-refractivity contribution in [2.24, 2.45) is 0 Å². The highest BCUT2D eigenvalue weighted by atomic mass is 16.5. The Morgan fingerprint density at radius 3 is 2.63 bits per heavy atom. The van der Waals surface area contributed by atoms with E-state index in [1.165, 1.54) is 0 Å². The Morgan fingerprint density at radius 1 is 1.04 bits per heavy atom. The van der Waals surface area contributed by atoms with Crippen molar-refractivity contribution < 1.29 is 14.3 Å². The van der Waals surface area contributed by atoms with Crippen LogP contribution >= 0.6 is 0 Å². The topological polar surface area (TPSA) is 47.6 Å². The van der Waals surface area contributed by atoms with Gasteiger partial charge >= 0.3 is 0 Å². The van der Waals surface area contributed by atoms with Crippen molar-refractivity contribution in [2.45, 2.75) is 19.4 Å². The number of hydrogen-bond acceptors (Lipinski definition) is 3. The second kappa shape index (κ2) is 7.54. The molecule has 0 unspecified atom stereocenters. The Morgan fingerprint density at radius 2 is 1.81 bits per heavy atom. The molecule has 1 amide bonds. The average molecular weight is 359 g/mol. The maximum absolute atomic E-state index is 12.4. The summed E-state index contributed by atoms with van der Waals surface area (Å²) in [4.78, 5) is 12.4. The van der Waals surface area contributed by atoms with Gasteiger partial charge in [0.2, 0.25) is 0 Å². The van der Waals surface area contributed by atoms with Crippen LogP contribution in [0, 0.1) is 6.92 Å². The summed E-state index contributed by atoms with van der Waals surface area (Å²) in [6.07, 6.45) is 0.676. The number of para-hydroxylation sites is 1. The molecule has 4 rings (SSSR count). The number of rotatable bonds is 5. The molecule has 1 aliphatic heterocycles. The van der Waals surface area contributed by atoms with Crippen LogP contribution in [0.5, 0.6) is 17.2 Å². The monoisotopic (exact) mass is 359 g/mol. The van der Waals surface area contributed by atoms with Crippen molar-refractivity contribution in [2.75, 3.05) is 6.54 Å². The number of nitrogens with one attached hydrogen (secondary N) is 1. The first kappa shape index (κ1) is 17.2. The molecular formula is C23H21NO3. The smallest absolute Gasteiger partial charge is 0.251 e. The first-order valence-corrected chi connectivity index (χ1v) is 9.05. The van der Waals surface area contributed by atoms with Crippen LogP contribution in [0.4, 0.5) is 0 Å². The molecular weight excluding hydrogens is 338 g/mol. The predicted molar refractivity (Wildman–Crippen MR) is 105 cm³/mol. The zero-order chi connectivity index (χ0) is 18.6. The molecule has 0 aromatic heterocycles. The molecule has 0 bridgehead atoms. The summed E-state index contributed by atoms with van der Waals surface area (Å²) < 4.78 is 11.8. The van der Waals surface area contributed by atoms with Crippen LogP contribution < -0.4 is 14.8 Å². The zero-order valence-electron chi connectivity index (χ0n) is 15.1. The van der Waals surface area contributed by atoms with Crippen molar-refractivity contribution in [1.29, 1.82) is 0 Å². The Labute approximate surface area is 158 Å². The summed E-state index contributed by atoms with van der Waals surface area (Å²) >= 11 is 0. The Bertz CT molecular complexity index is 953. The van der Waals surface area contributed by atoms with E-state index in [0.717, 1.165) is 34.8 Å². The second-order valence-corrected chi connectivity index (χ2v) is 6.65. The summed E-state index contributed by atoms with van der Waals surface area (Å²) in [5.41, 5.74) is 2.76. The highest BCUT2D eigenvalue weighted by Crippen LogP contribution is 2.33. The third kappa shape index (κ3) is 3.95. The number of carbonyl (C=O) groups is 1. The molecule has 1 atom stereocenters. The van der Waals surface area contributed by atoms with E-state index in [2.05, 4.69) is 5.32 Å². The molecule has 3 aromatic carbocycles. The molecule has 136 valence electrons. The van der Waals surface area contributed by atoms with Gasteiger partial charge in [0.1, 0.15) is 23.4 Å². The van der Waals surface area contributed by atoms with E-state index >= 15 is 0 Å². The zero-order valence-corrected chi connectivity index (χ0v) is 15.1. The van der Waals surface area contributed by atoms with E-state index in [9.17, 15) is 4.79 Å². The number of fused-ring (bicyclic) bond motifs is 1. The van der Waals surface area contributed by atoms with E-state index < -0.39 is 0 Å². The first-order chi connectivity index (χ1) is 13.2. The first-order valence-electron chi connectivity index (χ1n) is 9.05. The van der Waals surface area contributed by atoms with Crippen LogP contribution in [0.3, 0.4) is 0 Å². The molecule has 1 heterocycles. The SMILES string of the molecule is Cc1ccccc1C(=O)NC[C@H]1Cc2cc(Oc3ccccc3)ccc2O1. The molecule has 0 saturated carbocycles. The molecule has 4 heteroatoms. The number of ether oxygens (including phenoxy) is 2. The molecule has 0 aliphatic carbocycles. The van der Waals surface area contributed by atoms with Gasteiger partial charge in [0.05, 0.1) is 6.54 Å². The van der Waals surface area contributed by atoms with E-state index in [1.54, 1.807) is 0 Å². The lowest BCUT2D eigenvalue weighted by Crippen LogP contribution is -2.34. The van der Waals surface area contributed by atoms with Gasteiger partial charge < -0.3 is 14.8 Å². The molecule has 0 spiro atoms. The van der Waals surface area contributed by atoms with E-state index in [-0.39, 0.29) is 12.0 Å². The van der Waals surface area contributed by atoms with Crippen LogP contribution in [0.2, 0.25) is 0 Å². The summed E-state index contributed by atoms with van der Waals surface area (Å²) in [7, 11) is 0. The number of aryl methyl sites for hydroxylation is 1. The van der Waals surface area contributed by atoms with Crippen molar-refractivity contribution in [1.82, 2.24) is 5.32 Å². The highest BCUT2D eigenvalue weighted by molar-refractivity contribution is 5.95. The summed E-state index contributed by atoms with van der Waals surface area (Å²) in [5, 5.41) is 2.98. The fourth-order valence-corrected chi connectivity index (χ4v) is 3.23.